The number of nitrogens with zero attached hydrogens (tertiary/aromatic N) is 3. The molecule has 1 aliphatic rings. The summed E-state index contributed by atoms with van der Waals surface area (Å²) in [6.07, 6.45) is 4.68. The molecule has 0 N–H and O–H groups in total. The van der Waals surface area contributed by atoms with Gasteiger partial charge in [-0.3, -0.25) is 9.59 Å². The van der Waals surface area contributed by atoms with E-state index in [1.165, 1.54) is 0 Å². The van der Waals surface area contributed by atoms with Crippen LogP contribution in [0.5, 0.6) is 5.75 Å². The molecule has 0 radical (unpaired) electrons. The van der Waals surface area contributed by atoms with Crippen molar-refractivity contribution in [3.05, 3.63) is 54.4 Å². The number of rotatable bonds is 12. The highest BCUT2D eigenvalue weighted by molar-refractivity contribution is 5.85. The summed E-state index contributed by atoms with van der Waals surface area (Å²) in [5, 5.41) is 0. The number of carbonyl (C=O) groups excluding carboxylic acids is 2. The molecule has 1 saturated carbocycles. The van der Waals surface area contributed by atoms with Crippen LogP contribution in [0.25, 0.3) is 0 Å². The third kappa shape index (κ3) is 6.35. The van der Waals surface area contributed by atoms with E-state index in [-0.39, 0.29) is 31.0 Å². The van der Waals surface area contributed by atoms with Gasteiger partial charge >= 0.3 is 0 Å². The van der Waals surface area contributed by atoms with Crippen molar-refractivity contribution in [2.45, 2.75) is 31.8 Å². The summed E-state index contributed by atoms with van der Waals surface area (Å²) in [7, 11) is 3.61. The van der Waals surface area contributed by atoms with Gasteiger partial charge < -0.3 is 23.8 Å². The van der Waals surface area contributed by atoms with Crippen LogP contribution in [0.4, 0.5) is 0 Å². The Morgan fingerprint density at radius 3 is 2.50 bits per heavy atom. The van der Waals surface area contributed by atoms with E-state index in [2.05, 4.69) is 0 Å². The summed E-state index contributed by atoms with van der Waals surface area (Å²) < 4.78 is 12.8. The number of hydrogen-bond donors (Lipinski definition) is 0. The molecular formula is C23H31N3O4. The van der Waals surface area contributed by atoms with Crippen LogP contribution in [0.3, 0.4) is 0 Å². The average molecular weight is 414 g/mol. The van der Waals surface area contributed by atoms with E-state index in [0.29, 0.717) is 31.9 Å². The zero-order chi connectivity index (χ0) is 21.3. The van der Waals surface area contributed by atoms with Gasteiger partial charge in [0.15, 0.2) is 6.61 Å². The Morgan fingerprint density at radius 1 is 1.10 bits per heavy atom. The fourth-order valence-corrected chi connectivity index (χ4v) is 3.34. The van der Waals surface area contributed by atoms with Crippen LogP contribution in [-0.4, -0.2) is 65.6 Å². The summed E-state index contributed by atoms with van der Waals surface area (Å²) in [6, 6.07) is 13.5. The van der Waals surface area contributed by atoms with Crippen LogP contribution >= 0.6 is 0 Å². The van der Waals surface area contributed by atoms with E-state index in [9.17, 15) is 9.59 Å². The molecule has 1 aromatic heterocycles. The lowest BCUT2D eigenvalue weighted by Gasteiger charge is -2.28. The van der Waals surface area contributed by atoms with Gasteiger partial charge in [0.2, 0.25) is 5.91 Å². The van der Waals surface area contributed by atoms with E-state index in [1.807, 2.05) is 65.2 Å². The van der Waals surface area contributed by atoms with Crippen LogP contribution in [0.1, 0.15) is 25.0 Å². The quantitative estimate of drug-likeness (QED) is 0.502. The number of para-hydroxylation sites is 1. The Bertz CT molecular complexity index is 817. The maximum Gasteiger partial charge on any atom is 0.260 e. The van der Waals surface area contributed by atoms with Gasteiger partial charge in [0.1, 0.15) is 5.75 Å². The van der Waals surface area contributed by atoms with Gasteiger partial charge in [-0.1, -0.05) is 18.2 Å². The summed E-state index contributed by atoms with van der Waals surface area (Å²) in [5.41, 5.74) is 1.08. The topological polar surface area (TPSA) is 64.0 Å². The van der Waals surface area contributed by atoms with E-state index in [0.717, 1.165) is 18.5 Å². The van der Waals surface area contributed by atoms with Crippen LogP contribution in [-0.2, 0) is 27.9 Å². The largest absolute Gasteiger partial charge is 0.484 e. The number of amides is 2. The maximum absolute atomic E-state index is 13.1. The third-order valence-electron chi connectivity index (χ3n) is 5.25. The highest BCUT2D eigenvalue weighted by atomic mass is 16.5. The summed E-state index contributed by atoms with van der Waals surface area (Å²) in [5.74, 6) is 0.416. The maximum atomic E-state index is 13.1. The van der Waals surface area contributed by atoms with Gasteiger partial charge in [0.05, 0.1) is 13.1 Å². The minimum absolute atomic E-state index is 0.0239. The van der Waals surface area contributed by atoms with E-state index in [1.54, 1.807) is 12.0 Å². The molecule has 1 heterocycles. The summed E-state index contributed by atoms with van der Waals surface area (Å²) >= 11 is 0. The van der Waals surface area contributed by atoms with Gasteiger partial charge in [-0.2, -0.15) is 0 Å². The minimum atomic E-state index is -0.196. The van der Waals surface area contributed by atoms with Crippen molar-refractivity contribution < 1.29 is 19.1 Å². The second-order valence-corrected chi connectivity index (χ2v) is 7.63. The first kappa shape index (κ1) is 21.9. The number of ether oxygens (including phenoxy) is 2. The zero-order valence-corrected chi connectivity index (χ0v) is 17.8. The van der Waals surface area contributed by atoms with Crippen LogP contribution < -0.4 is 4.74 Å². The molecule has 2 aromatic rings. The van der Waals surface area contributed by atoms with Gasteiger partial charge in [-0.05, 0) is 43.5 Å². The zero-order valence-electron chi connectivity index (χ0n) is 17.8. The molecule has 0 saturated heterocycles. The lowest BCUT2D eigenvalue weighted by molar-refractivity contribution is -0.142. The normalized spacial score (nSPS) is 13.1. The van der Waals surface area contributed by atoms with Crippen molar-refractivity contribution in [3.8, 4) is 5.75 Å². The second kappa shape index (κ2) is 10.8. The van der Waals surface area contributed by atoms with Gasteiger partial charge in [0, 0.05) is 45.2 Å². The van der Waals surface area contributed by atoms with Crippen LogP contribution in [0.2, 0.25) is 0 Å². The second-order valence-electron chi connectivity index (χ2n) is 7.63. The van der Waals surface area contributed by atoms with Gasteiger partial charge in [-0.25, -0.2) is 0 Å². The van der Waals surface area contributed by atoms with Crippen molar-refractivity contribution >= 4 is 11.8 Å². The predicted octanol–water partition coefficient (Wildman–Crippen LogP) is 2.46. The molecule has 3 rings (SSSR count). The third-order valence-corrected chi connectivity index (χ3v) is 5.25. The monoisotopic (exact) mass is 413 g/mol. The van der Waals surface area contributed by atoms with Crippen molar-refractivity contribution in [1.29, 1.82) is 0 Å². The first-order chi connectivity index (χ1) is 14.6. The fourth-order valence-electron chi connectivity index (χ4n) is 3.34. The van der Waals surface area contributed by atoms with Gasteiger partial charge in [0.25, 0.3) is 5.91 Å². The first-order valence-corrected chi connectivity index (χ1v) is 10.4. The Morgan fingerprint density at radius 2 is 1.87 bits per heavy atom. The Labute approximate surface area is 178 Å². The standard InChI is InChI=1S/C23H31N3O4/c1-24-13-6-8-20(24)16-26(19-11-12-19)22(27)17-25(14-7-15-29-2)23(28)18-30-21-9-4-3-5-10-21/h3-6,8-10,13,19H,7,11-12,14-18H2,1-2H3. The molecule has 0 unspecified atom stereocenters. The smallest absolute Gasteiger partial charge is 0.260 e. The highest BCUT2D eigenvalue weighted by Gasteiger charge is 2.34. The SMILES string of the molecule is COCCCN(CC(=O)N(Cc1cccn1C)C1CC1)C(=O)COc1ccccc1. The van der Waals surface area contributed by atoms with E-state index < -0.39 is 0 Å². The molecule has 7 heteroatoms. The molecule has 162 valence electrons. The molecule has 30 heavy (non-hydrogen) atoms. The molecule has 7 nitrogen and oxygen atoms in total. The molecule has 0 bridgehead atoms. The average Bonchev–Trinajstić information content (AvgIpc) is 3.52. The Kier molecular flexibility index (Phi) is 7.90. The van der Waals surface area contributed by atoms with Gasteiger partial charge in [-0.15, -0.1) is 0 Å². The Balaban J connectivity index is 1.62. The number of hydrogen-bond acceptors (Lipinski definition) is 4. The molecule has 2 amide bonds. The molecule has 0 spiro atoms. The summed E-state index contributed by atoms with van der Waals surface area (Å²) in [6.45, 7) is 1.52. The highest BCUT2D eigenvalue weighted by Crippen LogP contribution is 2.28. The number of methoxy groups -OCH3 is 1. The molecular weight excluding hydrogens is 382 g/mol. The van der Waals surface area contributed by atoms with Crippen LogP contribution in [0, 0.1) is 0 Å². The molecule has 0 atom stereocenters. The lowest BCUT2D eigenvalue weighted by atomic mass is 10.3. The van der Waals surface area contributed by atoms with E-state index >= 15 is 0 Å². The fraction of sp³-hybridized carbons (Fsp3) is 0.478. The van der Waals surface area contributed by atoms with Crippen molar-refractivity contribution in [1.82, 2.24) is 14.4 Å². The van der Waals surface area contributed by atoms with Crippen molar-refractivity contribution in [2.75, 3.05) is 33.4 Å². The lowest BCUT2D eigenvalue weighted by Crippen LogP contribution is -2.45. The molecule has 1 fully saturated rings. The molecule has 1 aromatic carbocycles. The first-order valence-electron chi connectivity index (χ1n) is 10.4. The summed E-state index contributed by atoms with van der Waals surface area (Å²) in [4.78, 5) is 29.4. The number of carbonyl (C=O) groups is 2. The van der Waals surface area contributed by atoms with Crippen molar-refractivity contribution in [2.24, 2.45) is 7.05 Å². The minimum Gasteiger partial charge on any atom is -0.484 e. The molecule has 0 aliphatic heterocycles. The Hall–Kier alpha value is -2.80. The predicted molar refractivity (Wildman–Crippen MR) is 114 cm³/mol. The van der Waals surface area contributed by atoms with E-state index in [4.69, 9.17) is 9.47 Å². The molecule has 1 aliphatic carbocycles. The number of benzene rings is 1. The van der Waals surface area contributed by atoms with Crippen LogP contribution in [0.15, 0.2) is 48.7 Å². The number of aryl methyl sites for hydroxylation is 1. The van der Waals surface area contributed by atoms with Crippen molar-refractivity contribution in [3.63, 3.8) is 0 Å². The number of aromatic nitrogens is 1.